The van der Waals surface area contributed by atoms with Crippen LogP contribution in [0.3, 0.4) is 0 Å². The molecule has 0 spiro atoms. The Morgan fingerprint density at radius 3 is 2.27 bits per heavy atom. The summed E-state index contributed by atoms with van der Waals surface area (Å²) < 4.78 is 39.3. The fourth-order valence-electron chi connectivity index (χ4n) is 2.77. The van der Waals surface area contributed by atoms with Gasteiger partial charge in [0.1, 0.15) is 5.57 Å². The van der Waals surface area contributed by atoms with E-state index in [1.807, 2.05) is 42.5 Å². The van der Waals surface area contributed by atoms with Crippen molar-refractivity contribution < 1.29 is 18.0 Å². The van der Waals surface area contributed by atoms with E-state index in [9.17, 15) is 18.0 Å². The fraction of sp³-hybridized carbons (Fsp3) is 0.150. The summed E-state index contributed by atoms with van der Waals surface area (Å²) in [5.41, 5.74) is 0.530. The molecule has 1 aliphatic rings. The molecular formula is C20H14BrF3OS. The van der Waals surface area contributed by atoms with Gasteiger partial charge in [-0.15, -0.1) is 0 Å². The van der Waals surface area contributed by atoms with Crippen molar-refractivity contribution in [1.82, 2.24) is 0 Å². The molecule has 1 nitrogen and oxygen atoms in total. The molecule has 1 heterocycles. The number of carbonyl (C=O) groups is 1. The zero-order valence-electron chi connectivity index (χ0n) is 13.5. The number of hydrogen-bond donors (Lipinski definition) is 0. The molecule has 26 heavy (non-hydrogen) atoms. The number of rotatable bonds is 4. The minimum Gasteiger partial charge on any atom is -0.282 e. The molecule has 0 radical (unpaired) electrons. The molecule has 2 aromatic rings. The average molecular weight is 439 g/mol. The number of carbonyl (C=O) groups excluding carboxylic acids is 1. The second-order valence-electron chi connectivity index (χ2n) is 5.86. The Morgan fingerprint density at radius 1 is 1.04 bits per heavy atom. The summed E-state index contributed by atoms with van der Waals surface area (Å²) in [5.74, 6) is 0. The largest absolute Gasteiger partial charge is 0.420 e. The van der Waals surface area contributed by atoms with Crippen LogP contribution < -0.4 is 0 Å². The highest BCUT2D eigenvalue weighted by atomic mass is 79.9. The van der Waals surface area contributed by atoms with Crippen molar-refractivity contribution in [3.63, 3.8) is 0 Å². The molecule has 0 amide bonds. The third-order valence-electron chi connectivity index (χ3n) is 4.04. The third-order valence-corrected chi connectivity index (χ3v) is 5.86. The van der Waals surface area contributed by atoms with Crippen LogP contribution in [0.4, 0.5) is 13.2 Å². The van der Waals surface area contributed by atoms with Crippen LogP contribution in [-0.4, -0.2) is 11.3 Å². The van der Waals surface area contributed by atoms with E-state index in [4.69, 9.17) is 0 Å². The Bertz CT molecular complexity index is 857. The molecule has 1 unspecified atom stereocenters. The topological polar surface area (TPSA) is 17.1 Å². The molecule has 0 saturated heterocycles. The molecule has 6 heteroatoms. The number of allylic oxidation sites excluding steroid dienone is 1. The second kappa shape index (κ2) is 7.45. The molecule has 0 saturated carbocycles. The van der Waals surface area contributed by atoms with Gasteiger partial charge in [0, 0.05) is 4.47 Å². The van der Waals surface area contributed by atoms with E-state index in [-0.39, 0.29) is 6.42 Å². The highest BCUT2D eigenvalue weighted by molar-refractivity contribution is 9.10. The van der Waals surface area contributed by atoms with Crippen LogP contribution in [0.2, 0.25) is 0 Å². The van der Waals surface area contributed by atoms with Crippen molar-refractivity contribution in [2.45, 2.75) is 17.3 Å². The molecule has 1 atom stereocenters. The molecule has 0 aliphatic carbocycles. The standard InChI is InChI=1S/C20H14BrF3OS/c21-16-10-8-15(9-11-16)19(12-4-7-14-5-2-1-3-6-14)13-17(18(25)26-19)20(22,23)24/h1-11,13H,12H2. The molecule has 0 aromatic heterocycles. The fourth-order valence-corrected chi connectivity index (χ4v) is 4.26. The summed E-state index contributed by atoms with van der Waals surface area (Å²) >= 11 is 4.05. The van der Waals surface area contributed by atoms with E-state index in [0.717, 1.165) is 27.9 Å². The first-order chi connectivity index (χ1) is 12.3. The van der Waals surface area contributed by atoms with Gasteiger partial charge in [0.25, 0.3) is 0 Å². The van der Waals surface area contributed by atoms with Crippen LogP contribution in [0.15, 0.2) is 76.8 Å². The molecule has 0 bridgehead atoms. The van der Waals surface area contributed by atoms with Crippen molar-refractivity contribution in [2.75, 3.05) is 0 Å². The Morgan fingerprint density at radius 2 is 1.69 bits per heavy atom. The van der Waals surface area contributed by atoms with Gasteiger partial charge in [0.05, 0.1) is 4.75 Å². The van der Waals surface area contributed by atoms with Gasteiger partial charge >= 0.3 is 6.18 Å². The first-order valence-corrected chi connectivity index (χ1v) is 9.42. The van der Waals surface area contributed by atoms with Crippen LogP contribution in [0, 0.1) is 0 Å². The quantitative estimate of drug-likeness (QED) is 0.540. The van der Waals surface area contributed by atoms with Crippen molar-refractivity contribution in [1.29, 1.82) is 0 Å². The summed E-state index contributed by atoms with van der Waals surface area (Å²) in [4.78, 5) is 12.1. The lowest BCUT2D eigenvalue weighted by Gasteiger charge is -2.25. The first kappa shape index (κ1) is 19.0. The van der Waals surface area contributed by atoms with Crippen LogP contribution in [0.5, 0.6) is 0 Å². The van der Waals surface area contributed by atoms with Gasteiger partial charge in [0.2, 0.25) is 5.12 Å². The van der Waals surface area contributed by atoms with Gasteiger partial charge < -0.3 is 0 Å². The third kappa shape index (κ3) is 4.13. The Kier molecular flexibility index (Phi) is 5.44. The summed E-state index contributed by atoms with van der Waals surface area (Å²) in [6, 6.07) is 16.5. The smallest absolute Gasteiger partial charge is 0.282 e. The van der Waals surface area contributed by atoms with Gasteiger partial charge in [-0.1, -0.05) is 82.3 Å². The van der Waals surface area contributed by atoms with Crippen molar-refractivity contribution in [3.8, 4) is 0 Å². The average Bonchev–Trinajstić information content (AvgIpc) is 2.94. The zero-order valence-corrected chi connectivity index (χ0v) is 15.9. The highest BCUT2D eigenvalue weighted by Crippen LogP contribution is 2.52. The maximum atomic E-state index is 13.2. The number of benzene rings is 2. The monoisotopic (exact) mass is 438 g/mol. The maximum absolute atomic E-state index is 13.2. The normalized spacial score (nSPS) is 20.6. The lowest BCUT2D eigenvalue weighted by Crippen LogP contribution is -2.16. The lowest BCUT2D eigenvalue weighted by molar-refractivity contribution is -0.121. The summed E-state index contributed by atoms with van der Waals surface area (Å²) in [7, 11) is 0. The molecule has 2 aromatic carbocycles. The van der Waals surface area contributed by atoms with Gasteiger partial charge in [-0.25, -0.2) is 0 Å². The number of hydrogen-bond acceptors (Lipinski definition) is 2. The molecule has 3 rings (SSSR count). The second-order valence-corrected chi connectivity index (χ2v) is 8.08. The van der Waals surface area contributed by atoms with Gasteiger partial charge in [-0.3, -0.25) is 4.79 Å². The predicted molar refractivity (Wildman–Crippen MR) is 103 cm³/mol. The maximum Gasteiger partial charge on any atom is 0.420 e. The molecule has 0 fully saturated rings. The number of thioether (sulfide) groups is 1. The van der Waals surface area contributed by atoms with E-state index in [2.05, 4.69) is 15.9 Å². The molecule has 0 N–H and O–H groups in total. The Labute approximate surface area is 162 Å². The van der Waals surface area contributed by atoms with E-state index < -0.39 is 21.6 Å². The van der Waals surface area contributed by atoms with E-state index in [1.165, 1.54) is 0 Å². The minimum atomic E-state index is -4.65. The SMILES string of the molecule is O=C1SC(CC=Cc2ccccc2)(c2ccc(Br)cc2)C=C1C(F)(F)F. The summed E-state index contributed by atoms with van der Waals surface area (Å²) in [5, 5.41) is -0.937. The number of halogens is 4. The highest BCUT2D eigenvalue weighted by Gasteiger charge is 2.49. The molecular weight excluding hydrogens is 425 g/mol. The van der Waals surface area contributed by atoms with Crippen molar-refractivity contribution >= 4 is 38.9 Å². The van der Waals surface area contributed by atoms with Gasteiger partial charge in [-0.2, -0.15) is 13.2 Å². The minimum absolute atomic E-state index is 0.277. The first-order valence-electron chi connectivity index (χ1n) is 7.81. The Balaban J connectivity index is 1.98. The lowest BCUT2D eigenvalue weighted by atomic mass is 9.92. The van der Waals surface area contributed by atoms with Crippen LogP contribution in [0.25, 0.3) is 6.08 Å². The summed E-state index contributed by atoms with van der Waals surface area (Å²) in [6.45, 7) is 0. The van der Waals surface area contributed by atoms with Crippen LogP contribution in [0.1, 0.15) is 17.5 Å². The zero-order chi connectivity index (χ0) is 18.8. The van der Waals surface area contributed by atoms with Crippen LogP contribution in [-0.2, 0) is 9.54 Å². The van der Waals surface area contributed by atoms with E-state index >= 15 is 0 Å². The number of alkyl halides is 3. The van der Waals surface area contributed by atoms with Crippen LogP contribution >= 0.6 is 27.7 Å². The van der Waals surface area contributed by atoms with Gasteiger partial charge in [0.15, 0.2) is 0 Å². The van der Waals surface area contributed by atoms with E-state index in [1.54, 1.807) is 24.3 Å². The Hall–Kier alpha value is -1.79. The van der Waals surface area contributed by atoms with Crippen molar-refractivity contribution in [3.05, 3.63) is 87.9 Å². The predicted octanol–water partition coefficient (Wildman–Crippen LogP) is 6.51. The molecule has 134 valence electrons. The molecule has 1 aliphatic heterocycles. The van der Waals surface area contributed by atoms with E-state index in [0.29, 0.717) is 5.56 Å². The van der Waals surface area contributed by atoms with Crippen molar-refractivity contribution in [2.24, 2.45) is 0 Å². The summed E-state index contributed by atoms with van der Waals surface area (Å²) in [6.07, 6.45) is 0.362. The van der Waals surface area contributed by atoms with Gasteiger partial charge in [-0.05, 0) is 35.8 Å².